The molecule has 0 atom stereocenters. The molecule has 0 aliphatic heterocycles. The fourth-order valence-electron chi connectivity index (χ4n) is 2.02. The number of fused-ring (bicyclic) bond motifs is 1. The molecule has 1 amide bonds. The number of nitrogens with zero attached hydrogens (tertiary/aromatic N) is 2. The third kappa shape index (κ3) is 4.71. The average molecular weight is 418 g/mol. The van der Waals surface area contributed by atoms with Gasteiger partial charge in [-0.05, 0) is 35.9 Å². The van der Waals surface area contributed by atoms with Crippen LogP contribution in [0.2, 0.25) is 0 Å². The predicted octanol–water partition coefficient (Wildman–Crippen LogP) is 3.65. The molecule has 1 N–H and O–H groups in total. The lowest BCUT2D eigenvalue weighted by molar-refractivity contribution is -0.142. The fraction of sp³-hybridized carbons (Fsp3) is 0.0588. The SMILES string of the molecule is O=C(COC(=O)/C=C/c1ccc(Br)cc1)Nc1cccc2nsnc12. The van der Waals surface area contributed by atoms with Gasteiger partial charge in [-0.3, -0.25) is 4.79 Å². The topological polar surface area (TPSA) is 81.2 Å². The fourth-order valence-corrected chi connectivity index (χ4v) is 2.83. The minimum atomic E-state index is -0.591. The maximum absolute atomic E-state index is 11.9. The molecular weight excluding hydrogens is 406 g/mol. The van der Waals surface area contributed by atoms with Crippen LogP contribution in [0.25, 0.3) is 17.1 Å². The van der Waals surface area contributed by atoms with Crippen molar-refractivity contribution in [2.45, 2.75) is 0 Å². The Bertz CT molecular complexity index is 938. The van der Waals surface area contributed by atoms with Crippen LogP contribution in [0.5, 0.6) is 0 Å². The van der Waals surface area contributed by atoms with Crippen molar-refractivity contribution in [1.29, 1.82) is 0 Å². The van der Waals surface area contributed by atoms with E-state index in [1.165, 1.54) is 6.08 Å². The molecule has 25 heavy (non-hydrogen) atoms. The summed E-state index contributed by atoms with van der Waals surface area (Å²) in [5.41, 5.74) is 2.71. The molecule has 0 saturated carbocycles. The number of halogens is 1. The number of hydrogen-bond donors (Lipinski definition) is 1. The summed E-state index contributed by atoms with van der Waals surface area (Å²) in [5, 5.41) is 2.67. The molecule has 0 unspecified atom stereocenters. The first-order valence-corrected chi connectivity index (χ1v) is 8.76. The number of aromatic nitrogens is 2. The molecule has 0 aliphatic carbocycles. The Morgan fingerprint density at radius 3 is 2.76 bits per heavy atom. The molecule has 0 aliphatic rings. The molecule has 3 rings (SSSR count). The van der Waals surface area contributed by atoms with Crippen LogP contribution in [0.3, 0.4) is 0 Å². The maximum Gasteiger partial charge on any atom is 0.331 e. The van der Waals surface area contributed by atoms with Crippen molar-refractivity contribution in [1.82, 2.24) is 8.75 Å². The van der Waals surface area contributed by atoms with E-state index < -0.39 is 11.9 Å². The molecule has 0 bridgehead atoms. The Balaban J connectivity index is 1.52. The highest BCUT2D eigenvalue weighted by molar-refractivity contribution is 9.10. The second-order valence-corrected chi connectivity index (χ2v) is 6.42. The molecule has 8 heteroatoms. The van der Waals surface area contributed by atoms with Gasteiger partial charge < -0.3 is 10.1 Å². The van der Waals surface area contributed by atoms with Crippen molar-refractivity contribution in [3.05, 3.63) is 58.6 Å². The standard InChI is InChI=1S/C17H12BrN3O3S/c18-12-7-4-11(5-8-12)6-9-16(23)24-10-15(22)19-13-2-1-3-14-17(13)21-25-20-14/h1-9H,10H2,(H,19,22)/b9-6+. The molecule has 0 saturated heterocycles. The van der Waals surface area contributed by atoms with Crippen molar-refractivity contribution in [2.75, 3.05) is 11.9 Å². The Hall–Kier alpha value is -2.58. The van der Waals surface area contributed by atoms with Crippen LogP contribution in [0.15, 0.2) is 53.0 Å². The summed E-state index contributed by atoms with van der Waals surface area (Å²) < 4.78 is 14.1. The second-order valence-electron chi connectivity index (χ2n) is 4.98. The van der Waals surface area contributed by atoms with Crippen LogP contribution < -0.4 is 5.32 Å². The molecule has 0 spiro atoms. The zero-order valence-corrected chi connectivity index (χ0v) is 15.2. The van der Waals surface area contributed by atoms with Crippen molar-refractivity contribution in [3.63, 3.8) is 0 Å². The number of carbonyl (C=O) groups is 2. The molecule has 2 aromatic carbocycles. The summed E-state index contributed by atoms with van der Waals surface area (Å²) in [4.78, 5) is 23.6. The highest BCUT2D eigenvalue weighted by atomic mass is 79.9. The minimum absolute atomic E-state index is 0.378. The second kappa shape index (κ2) is 8.00. The van der Waals surface area contributed by atoms with E-state index in [-0.39, 0.29) is 6.61 Å². The summed E-state index contributed by atoms with van der Waals surface area (Å²) in [6.45, 7) is -0.378. The largest absolute Gasteiger partial charge is 0.452 e. The highest BCUT2D eigenvalue weighted by Gasteiger charge is 2.10. The van der Waals surface area contributed by atoms with E-state index in [1.807, 2.05) is 24.3 Å². The Labute approximate surface area is 156 Å². The van der Waals surface area contributed by atoms with E-state index in [4.69, 9.17) is 4.74 Å². The van der Waals surface area contributed by atoms with E-state index in [2.05, 4.69) is 30.0 Å². The van der Waals surface area contributed by atoms with E-state index in [0.29, 0.717) is 16.7 Å². The molecule has 0 radical (unpaired) electrons. The number of ether oxygens (including phenoxy) is 1. The average Bonchev–Trinajstić information content (AvgIpc) is 3.09. The first-order chi connectivity index (χ1) is 12.1. The summed E-state index contributed by atoms with van der Waals surface area (Å²) in [7, 11) is 0. The molecule has 6 nitrogen and oxygen atoms in total. The van der Waals surface area contributed by atoms with Crippen LogP contribution in [0.4, 0.5) is 5.69 Å². The Morgan fingerprint density at radius 2 is 1.96 bits per heavy atom. The van der Waals surface area contributed by atoms with Gasteiger partial charge in [-0.1, -0.05) is 34.1 Å². The summed E-state index contributed by atoms with van der Waals surface area (Å²) in [5.74, 6) is -1.03. The van der Waals surface area contributed by atoms with Gasteiger partial charge in [0.15, 0.2) is 6.61 Å². The lowest BCUT2D eigenvalue weighted by atomic mass is 10.2. The van der Waals surface area contributed by atoms with Crippen molar-refractivity contribution >= 4 is 62.3 Å². The highest BCUT2D eigenvalue weighted by Crippen LogP contribution is 2.20. The van der Waals surface area contributed by atoms with E-state index >= 15 is 0 Å². The van der Waals surface area contributed by atoms with Gasteiger partial charge in [0.25, 0.3) is 5.91 Å². The van der Waals surface area contributed by atoms with Crippen LogP contribution in [-0.2, 0) is 14.3 Å². The van der Waals surface area contributed by atoms with Crippen LogP contribution in [0, 0.1) is 0 Å². The van der Waals surface area contributed by atoms with Gasteiger partial charge >= 0.3 is 5.97 Å². The summed E-state index contributed by atoms with van der Waals surface area (Å²) >= 11 is 4.41. The first-order valence-electron chi connectivity index (χ1n) is 7.23. The molecule has 1 heterocycles. The number of esters is 1. The lowest BCUT2D eigenvalue weighted by Gasteiger charge is -2.05. The van der Waals surface area contributed by atoms with Crippen LogP contribution in [0.1, 0.15) is 5.56 Å². The van der Waals surface area contributed by atoms with E-state index in [0.717, 1.165) is 21.8 Å². The zero-order valence-electron chi connectivity index (χ0n) is 12.8. The number of hydrogen-bond acceptors (Lipinski definition) is 6. The molecular formula is C17H12BrN3O3S. The van der Waals surface area contributed by atoms with Gasteiger partial charge in [0.1, 0.15) is 11.0 Å². The zero-order chi connectivity index (χ0) is 17.6. The van der Waals surface area contributed by atoms with Gasteiger partial charge in [0, 0.05) is 10.5 Å². The number of anilines is 1. The third-order valence-corrected chi connectivity index (χ3v) is 4.26. The quantitative estimate of drug-likeness (QED) is 0.506. The van der Waals surface area contributed by atoms with Crippen LogP contribution >= 0.6 is 27.7 Å². The number of amides is 1. The number of rotatable bonds is 5. The van der Waals surface area contributed by atoms with Crippen molar-refractivity contribution < 1.29 is 14.3 Å². The first kappa shape index (κ1) is 17.2. The van der Waals surface area contributed by atoms with Crippen molar-refractivity contribution in [3.8, 4) is 0 Å². The minimum Gasteiger partial charge on any atom is -0.452 e. The van der Waals surface area contributed by atoms with Gasteiger partial charge in [0.2, 0.25) is 0 Å². The molecule has 3 aromatic rings. The van der Waals surface area contributed by atoms with Gasteiger partial charge in [-0.15, -0.1) is 0 Å². The van der Waals surface area contributed by atoms with Gasteiger partial charge in [-0.2, -0.15) is 8.75 Å². The normalized spacial score (nSPS) is 10.9. The van der Waals surface area contributed by atoms with Crippen LogP contribution in [-0.4, -0.2) is 27.2 Å². The molecule has 1 aromatic heterocycles. The number of benzene rings is 2. The Kier molecular flexibility index (Phi) is 5.52. The summed E-state index contributed by atoms with van der Waals surface area (Å²) in [6.07, 6.45) is 2.90. The number of nitrogens with one attached hydrogen (secondary N) is 1. The monoisotopic (exact) mass is 417 g/mol. The van der Waals surface area contributed by atoms with Gasteiger partial charge in [-0.25, -0.2) is 4.79 Å². The molecule has 0 fully saturated rings. The predicted molar refractivity (Wildman–Crippen MR) is 100 cm³/mol. The van der Waals surface area contributed by atoms with Crippen molar-refractivity contribution in [2.24, 2.45) is 0 Å². The van der Waals surface area contributed by atoms with E-state index in [9.17, 15) is 9.59 Å². The molecule has 126 valence electrons. The summed E-state index contributed by atoms with van der Waals surface area (Å²) in [6, 6.07) is 12.7. The smallest absolute Gasteiger partial charge is 0.331 e. The van der Waals surface area contributed by atoms with E-state index in [1.54, 1.807) is 24.3 Å². The third-order valence-electron chi connectivity index (χ3n) is 3.19. The number of carbonyl (C=O) groups excluding carboxylic acids is 2. The Morgan fingerprint density at radius 1 is 1.16 bits per heavy atom. The maximum atomic E-state index is 11.9. The lowest BCUT2D eigenvalue weighted by Crippen LogP contribution is -2.20. The van der Waals surface area contributed by atoms with Gasteiger partial charge in [0.05, 0.1) is 17.4 Å².